The number of hydrogen-bond acceptors (Lipinski definition) is 4. The third kappa shape index (κ3) is 3.94. The molecule has 0 amide bonds. The summed E-state index contributed by atoms with van der Waals surface area (Å²) in [6.07, 6.45) is 0. The van der Waals surface area contributed by atoms with Crippen LogP contribution in [0, 0.1) is 18.3 Å². The molecule has 0 spiro atoms. The smallest absolute Gasteiger partial charge is 0.119 e. The molecule has 20 heavy (non-hydrogen) atoms. The van der Waals surface area contributed by atoms with Crippen molar-refractivity contribution in [2.45, 2.75) is 11.8 Å². The van der Waals surface area contributed by atoms with Crippen molar-refractivity contribution in [1.82, 2.24) is 0 Å². The maximum Gasteiger partial charge on any atom is 0.119 e. The molecule has 0 heterocycles. The van der Waals surface area contributed by atoms with Crippen molar-refractivity contribution < 1.29 is 4.74 Å². The highest BCUT2D eigenvalue weighted by molar-refractivity contribution is 7.99. The Morgan fingerprint density at radius 3 is 2.60 bits per heavy atom. The molecular weight excluding hydrogens is 268 g/mol. The van der Waals surface area contributed by atoms with E-state index in [1.54, 1.807) is 23.9 Å². The Morgan fingerprint density at radius 1 is 1.20 bits per heavy atom. The van der Waals surface area contributed by atoms with Gasteiger partial charge in [0.1, 0.15) is 5.75 Å². The van der Waals surface area contributed by atoms with Crippen LogP contribution in [0.3, 0.4) is 0 Å². The molecule has 0 aromatic heterocycles. The highest BCUT2D eigenvalue weighted by Gasteiger charge is 2.00. The van der Waals surface area contributed by atoms with Crippen molar-refractivity contribution in [3.63, 3.8) is 0 Å². The zero-order valence-corrected chi connectivity index (χ0v) is 12.1. The summed E-state index contributed by atoms with van der Waals surface area (Å²) in [6, 6.07) is 15.2. The van der Waals surface area contributed by atoms with Crippen molar-refractivity contribution in [2.24, 2.45) is 0 Å². The van der Waals surface area contributed by atoms with Crippen molar-refractivity contribution in [3.05, 3.63) is 53.6 Å². The number of aryl methyl sites for hydroxylation is 1. The standard InChI is InChI=1S/C16H16N2OS/c1-12-10-14(18)4-7-16(12)20-9-8-19-15-5-2-13(11-17)3-6-15/h2-7,10H,8-9,18H2,1H3. The molecule has 0 bridgehead atoms. The molecule has 2 aromatic carbocycles. The van der Waals surface area contributed by atoms with Crippen molar-refractivity contribution >= 4 is 17.4 Å². The number of benzene rings is 2. The van der Waals surface area contributed by atoms with Crippen LogP contribution < -0.4 is 10.5 Å². The van der Waals surface area contributed by atoms with Gasteiger partial charge in [0.25, 0.3) is 0 Å². The Labute approximate surface area is 123 Å². The molecule has 0 unspecified atom stereocenters. The Kier molecular flexibility index (Phi) is 4.91. The van der Waals surface area contributed by atoms with Gasteiger partial charge in [0, 0.05) is 16.3 Å². The average Bonchev–Trinajstić information content (AvgIpc) is 2.46. The van der Waals surface area contributed by atoms with Crippen LogP contribution in [-0.4, -0.2) is 12.4 Å². The Bertz CT molecular complexity index is 617. The molecule has 0 radical (unpaired) electrons. The second-order valence-electron chi connectivity index (χ2n) is 4.36. The maximum atomic E-state index is 8.71. The Hall–Kier alpha value is -2.12. The minimum atomic E-state index is 0.625. The molecule has 0 saturated heterocycles. The SMILES string of the molecule is Cc1cc(N)ccc1SCCOc1ccc(C#N)cc1. The number of nitrogens with zero attached hydrogens (tertiary/aromatic N) is 1. The van der Waals surface area contributed by atoms with Crippen LogP contribution in [0.4, 0.5) is 5.69 Å². The fourth-order valence-corrected chi connectivity index (χ4v) is 2.61. The number of nitrogens with two attached hydrogens (primary N) is 1. The van der Waals surface area contributed by atoms with Gasteiger partial charge in [-0.2, -0.15) is 5.26 Å². The first-order valence-corrected chi connectivity index (χ1v) is 7.29. The lowest BCUT2D eigenvalue weighted by atomic mass is 10.2. The van der Waals surface area contributed by atoms with Gasteiger partial charge in [-0.3, -0.25) is 0 Å². The zero-order chi connectivity index (χ0) is 14.4. The van der Waals surface area contributed by atoms with E-state index in [2.05, 4.69) is 13.0 Å². The summed E-state index contributed by atoms with van der Waals surface area (Å²) in [5.74, 6) is 1.66. The van der Waals surface area contributed by atoms with Crippen LogP contribution >= 0.6 is 11.8 Å². The summed E-state index contributed by atoms with van der Waals surface area (Å²) in [5.41, 5.74) is 8.35. The van der Waals surface area contributed by atoms with Crippen molar-refractivity contribution in [3.8, 4) is 11.8 Å². The molecule has 2 N–H and O–H groups in total. The number of rotatable bonds is 5. The number of nitrogen functional groups attached to an aromatic ring is 1. The van der Waals surface area contributed by atoms with E-state index in [0.717, 1.165) is 17.2 Å². The lowest BCUT2D eigenvalue weighted by molar-refractivity contribution is 0.344. The summed E-state index contributed by atoms with van der Waals surface area (Å²) in [6.45, 7) is 2.68. The largest absolute Gasteiger partial charge is 0.493 e. The number of hydrogen-bond donors (Lipinski definition) is 1. The van der Waals surface area contributed by atoms with Crippen LogP contribution in [0.2, 0.25) is 0 Å². The lowest BCUT2D eigenvalue weighted by Gasteiger charge is -2.08. The van der Waals surface area contributed by atoms with Crippen molar-refractivity contribution in [2.75, 3.05) is 18.1 Å². The van der Waals surface area contributed by atoms with Crippen LogP contribution in [0.25, 0.3) is 0 Å². The van der Waals surface area contributed by atoms with E-state index < -0.39 is 0 Å². The fraction of sp³-hybridized carbons (Fsp3) is 0.188. The predicted octanol–water partition coefficient (Wildman–Crippen LogP) is 3.62. The molecule has 2 aromatic rings. The highest BCUT2D eigenvalue weighted by Crippen LogP contribution is 2.24. The normalized spacial score (nSPS) is 10.0. The van der Waals surface area contributed by atoms with Gasteiger partial charge in [0.05, 0.1) is 18.2 Å². The topological polar surface area (TPSA) is 59.0 Å². The Morgan fingerprint density at radius 2 is 1.95 bits per heavy atom. The van der Waals surface area contributed by atoms with E-state index in [-0.39, 0.29) is 0 Å². The molecule has 0 fully saturated rings. The van der Waals surface area contributed by atoms with Crippen molar-refractivity contribution in [1.29, 1.82) is 5.26 Å². The number of ether oxygens (including phenoxy) is 1. The predicted molar refractivity (Wildman–Crippen MR) is 83.0 cm³/mol. The van der Waals surface area contributed by atoms with Gasteiger partial charge in [-0.05, 0) is 55.0 Å². The summed E-state index contributed by atoms with van der Waals surface area (Å²) in [5, 5.41) is 8.71. The average molecular weight is 284 g/mol. The minimum absolute atomic E-state index is 0.625. The van der Waals surface area contributed by atoms with Crippen LogP contribution in [0.15, 0.2) is 47.4 Å². The Balaban J connectivity index is 1.80. The first-order valence-electron chi connectivity index (χ1n) is 6.31. The van der Waals surface area contributed by atoms with E-state index in [4.69, 9.17) is 15.7 Å². The maximum absolute atomic E-state index is 8.71. The quantitative estimate of drug-likeness (QED) is 0.517. The highest BCUT2D eigenvalue weighted by atomic mass is 32.2. The van der Waals surface area contributed by atoms with Gasteiger partial charge < -0.3 is 10.5 Å². The van der Waals surface area contributed by atoms with Gasteiger partial charge in [0.2, 0.25) is 0 Å². The van der Waals surface area contributed by atoms with E-state index in [1.807, 2.05) is 30.3 Å². The van der Waals surface area contributed by atoms with Crippen LogP contribution in [0.1, 0.15) is 11.1 Å². The molecule has 102 valence electrons. The minimum Gasteiger partial charge on any atom is -0.493 e. The van der Waals surface area contributed by atoms with Gasteiger partial charge >= 0.3 is 0 Å². The summed E-state index contributed by atoms with van der Waals surface area (Å²) < 4.78 is 5.64. The fourth-order valence-electron chi connectivity index (χ4n) is 1.77. The molecule has 4 heteroatoms. The lowest BCUT2D eigenvalue weighted by Crippen LogP contribution is -2.00. The molecular formula is C16H16N2OS. The molecule has 3 nitrogen and oxygen atoms in total. The molecule has 0 aliphatic rings. The molecule has 0 aliphatic carbocycles. The molecule has 2 rings (SSSR count). The third-order valence-corrected chi connectivity index (χ3v) is 3.93. The molecule has 0 aliphatic heterocycles. The van der Waals surface area contributed by atoms with Gasteiger partial charge in [-0.1, -0.05) is 0 Å². The first kappa shape index (κ1) is 14.3. The second-order valence-corrected chi connectivity index (χ2v) is 5.49. The van der Waals surface area contributed by atoms with E-state index in [1.165, 1.54) is 10.5 Å². The molecule has 0 saturated carbocycles. The van der Waals surface area contributed by atoms with E-state index in [9.17, 15) is 0 Å². The van der Waals surface area contributed by atoms with Crippen LogP contribution in [0.5, 0.6) is 5.75 Å². The van der Waals surface area contributed by atoms with Gasteiger partial charge in [-0.15, -0.1) is 11.8 Å². The monoisotopic (exact) mass is 284 g/mol. The van der Waals surface area contributed by atoms with E-state index in [0.29, 0.717) is 12.2 Å². The zero-order valence-electron chi connectivity index (χ0n) is 11.3. The summed E-state index contributed by atoms with van der Waals surface area (Å²) in [7, 11) is 0. The van der Waals surface area contributed by atoms with E-state index >= 15 is 0 Å². The number of thioether (sulfide) groups is 1. The number of nitriles is 1. The summed E-state index contributed by atoms with van der Waals surface area (Å²) in [4.78, 5) is 1.22. The van der Waals surface area contributed by atoms with Crippen LogP contribution in [-0.2, 0) is 0 Å². The first-order chi connectivity index (χ1) is 9.69. The van der Waals surface area contributed by atoms with Gasteiger partial charge in [-0.25, -0.2) is 0 Å². The third-order valence-electron chi connectivity index (χ3n) is 2.79. The van der Waals surface area contributed by atoms with Gasteiger partial charge in [0.15, 0.2) is 0 Å². The summed E-state index contributed by atoms with van der Waals surface area (Å²) >= 11 is 1.75. The number of anilines is 1. The second kappa shape index (κ2) is 6.88. The molecule has 0 atom stereocenters.